The average Bonchev–Trinajstić information content (AvgIpc) is 3.23. The summed E-state index contributed by atoms with van der Waals surface area (Å²) < 4.78 is 1.97. The van der Waals surface area contributed by atoms with Gasteiger partial charge in [0.15, 0.2) is 5.78 Å². The maximum absolute atomic E-state index is 13.2. The van der Waals surface area contributed by atoms with E-state index in [-0.39, 0.29) is 17.0 Å². The smallest absolute Gasteiger partial charge is 0.319 e. The molecule has 1 aromatic heterocycles. The molecule has 4 rings (SSSR count). The third-order valence-corrected chi connectivity index (χ3v) is 6.69. The number of nitrogens with zero attached hydrogens (tertiary/aromatic N) is 3. The van der Waals surface area contributed by atoms with Gasteiger partial charge in [0.2, 0.25) is 0 Å². The lowest BCUT2D eigenvalue weighted by Gasteiger charge is -2.22. The van der Waals surface area contributed by atoms with Crippen LogP contribution >= 0.6 is 0 Å². The fourth-order valence-electron chi connectivity index (χ4n) is 4.50. The van der Waals surface area contributed by atoms with Gasteiger partial charge in [0.25, 0.3) is 11.6 Å². The Hall–Kier alpha value is -4.27. The molecule has 35 heavy (non-hydrogen) atoms. The maximum atomic E-state index is 13.2. The number of benzene rings is 2. The van der Waals surface area contributed by atoms with E-state index in [4.69, 9.17) is 0 Å². The minimum Gasteiger partial charge on any atom is -0.319 e. The van der Waals surface area contributed by atoms with Gasteiger partial charge in [-0.15, -0.1) is 0 Å². The van der Waals surface area contributed by atoms with Crippen LogP contribution < -0.4 is 5.32 Å². The summed E-state index contributed by atoms with van der Waals surface area (Å²) >= 11 is 0. The number of ketones is 1. The van der Waals surface area contributed by atoms with Gasteiger partial charge in [-0.1, -0.05) is 18.2 Å². The lowest BCUT2D eigenvalue weighted by atomic mass is 9.91. The van der Waals surface area contributed by atoms with Gasteiger partial charge >= 0.3 is 6.03 Å². The van der Waals surface area contributed by atoms with Crippen LogP contribution in [0.15, 0.2) is 48.5 Å². The van der Waals surface area contributed by atoms with Crippen molar-refractivity contribution in [1.29, 1.82) is 0 Å². The van der Waals surface area contributed by atoms with Crippen molar-refractivity contribution < 1.29 is 19.3 Å². The SMILES string of the molecule is Cc1ccc(-n2c(C)cc(C(=O)CN3C(=O)NC(C)(c4cccc([N+](=O)[O-])c4)C3=O)c2C)cc1C. The van der Waals surface area contributed by atoms with Crippen LogP contribution in [0, 0.1) is 37.8 Å². The van der Waals surface area contributed by atoms with Gasteiger partial charge in [0.05, 0.1) is 11.5 Å². The Morgan fingerprint density at radius 1 is 1.03 bits per heavy atom. The number of hydrogen-bond acceptors (Lipinski definition) is 5. The summed E-state index contributed by atoms with van der Waals surface area (Å²) in [7, 11) is 0. The molecule has 1 atom stereocenters. The number of aromatic nitrogens is 1. The summed E-state index contributed by atoms with van der Waals surface area (Å²) in [6.45, 7) is 8.81. The third-order valence-electron chi connectivity index (χ3n) is 6.69. The number of hydrogen-bond donors (Lipinski definition) is 1. The van der Waals surface area contributed by atoms with E-state index in [0.29, 0.717) is 11.3 Å². The highest BCUT2D eigenvalue weighted by Crippen LogP contribution is 2.31. The molecule has 0 aliphatic carbocycles. The molecule has 3 aromatic rings. The highest BCUT2D eigenvalue weighted by Gasteiger charge is 2.50. The number of carbonyl (C=O) groups is 3. The second-order valence-corrected chi connectivity index (χ2v) is 9.07. The number of nitro benzene ring substituents is 1. The number of nitro groups is 1. The highest BCUT2D eigenvalue weighted by molar-refractivity contribution is 6.11. The van der Waals surface area contributed by atoms with E-state index >= 15 is 0 Å². The largest absolute Gasteiger partial charge is 0.325 e. The fourth-order valence-corrected chi connectivity index (χ4v) is 4.50. The Morgan fingerprint density at radius 3 is 2.40 bits per heavy atom. The molecule has 1 unspecified atom stereocenters. The van der Waals surface area contributed by atoms with Crippen molar-refractivity contribution in [3.8, 4) is 5.69 Å². The van der Waals surface area contributed by atoms with Crippen LogP contribution in [0.4, 0.5) is 10.5 Å². The summed E-state index contributed by atoms with van der Waals surface area (Å²) in [4.78, 5) is 50.7. The number of rotatable bonds is 6. The second-order valence-electron chi connectivity index (χ2n) is 9.07. The quantitative estimate of drug-likeness (QED) is 0.248. The summed E-state index contributed by atoms with van der Waals surface area (Å²) in [6, 6.07) is 12.6. The Labute approximate surface area is 202 Å². The van der Waals surface area contributed by atoms with Crippen LogP contribution in [0.5, 0.6) is 0 Å². The second kappa shape index (κ2) is 8.50. The molecule has 0 bridgehead atoms. The molecule has 3 amide bonds. The van der Waals surface area contributed by atoms with Gasteiger partial charge in [-0.3, -0.25) is 24.6 Å². The molecular weight excluding hydrogens is 448 g/mol. The zero-order valence-corrected chi connectivity index (χ0v) is 20.2. The van der Waals surface area contributed by atoms with Gasteiger partial charge in [-0.25, -0.2) is 4.79 Å². The standard InChI is InChI=1S/C26H26N4O5/c1-15-9-10-20(11-16(15)2)29-17(3)12-22(18(29)4)23(31)14-28-24(32)26(5,27-25(28)33)19-7-6-8-21(13-19)30(34)35/h6-13H,14H2,1-5H3,(H,27,33). The fraction of sp³-hybridized carbons (Fsp3) is 0.269. The molecule has 1 aliphatic rings. The van der Waals surface area contributed by atoms with Crippen LogP contribution in [0.2, 0.25) is 0 Å². The highest BCUT2D eigenvalue weighted by atomic mass is 16.6. The first-order valence-electron chi connectivity index (χ1n) is 11.1. The molecule has 9 nitrogen and oxygen atoms in total. The van der Waals surface area contributed by atoms with Gasteiger partial charge < -0.3 is 9.88 Å². The zero-order valence-electron chi connectivity index (χ0n) is 20.2. The first-order valence-corrected chi connectivity index (χ1v) is 11.1. The van der Waals surface area contributed by atoms with E-state index in [1.165, 1.54) is 31.2 Å². The monoisotopic (exact) mass is 474 g/mol. The molecule has 0 saturated carbocycles. The number of urea groups is 1. The molecule has 180 valence electrons. The Morgan fingerprint density at radius 2 is 1.74 bits per heavy atom. The van der Waals surface area contributed by atoms with Crippen LogP contribution in [0.1, 0.15) is 45.4 Å². The van der Waals surface area contributed by atoms with E-state index in [9.17, 15) is 24.5 Å². The van der Waals surface area contributed by atoms with Crippen LogP contribution in [-0.2, 0) is 10.3 Å². The van der Waals surface area contributed by atoms with Crippen molar-refractivity contribution in [3.63, 3.8) is 0 Å². The molecule has 9 heteroatoms. The average molecular weight is 475 g/mol. The molecule has 2 heterocycles. The van der Waals surface area contributed by atoms with Gasteiger partial charge in [0, 0.05) is 34.8 Å². The Kier molecular flexibility index (Phi) is 5.80. The lowest BCUT2D eigenvalue weighted by Crippen LogP contribution is -2.41. The molecule has 1 N–H and O–H groups in total. The number of amides is 3. The normalized spacial score (nSPS) is 17.6. The number of carbonyl (C=O) groups excluding carboxylic acids is 3. The van der Waals surface area contributed by atoms with Crippen molar-refractivity contribution in [2.75, 3.05) is 6.54 Å². The van der Waals surface area contributed by atoms with Crippen molar-refractivity contribution >= 4 is 23.4 Å². The minimum absolute atomic E-state index is 0.195. The molecule has 1 saturated heterocycles. The Bertz CT molecular complexity index is 1410. The number of imide groups is 1. The molecule has 0 radical (unpaired) electrons. The van der Waals surface area contributed by atoms with Crippen LogP contribution in [-0.4, -0.2) is 38.7 Å². The van der Waals surface area contributed by atoms with Crippen molar-refractivity contribution in [2.24, 2.45) is 0 Å². The molecule has 1 aliphatic heterocycles. The first-order chi connectivity index (χ1) is 16.4. The van der Waals surface area contributed by atoms with Gasteiger partial charge in [0.1, 0.15) is 5.54 Å². The van der Waals surface area contributed by atoms with Crippen molar-refractivity contribution in [2.45, 2.75) is 40.2 Å². The van der Waals surface area contributed by atoms with Crippen LogP contribution in [0.3, 0.4) is 0 Å². The summed E-state index contributed by atoms with van der Waals surface area (Å²) in [5.74, 6) is -1.01. The molecule has 2 aromatic carbocycles. The predicted molar refractivity (Wildman–Crippen MR) is 130 cm³/mol. The molecule has 0 spiro atoms. The predicted octanol–water partition coefficient (Wildman–Crippen LogP) is 4.27. The molecular formula is C26H26N4O5. The number of nitrogens with one attached hydrogen (secondary N) is 1. The lowest BCUT2D eigenvalue weighted by molar-refractivity contribution is -0.385. The van der Waals surface area contributed by atoms with Crippen molar-refractivity contribution in [3.05, 3.63) is 92.3 Å². The van der Waals surface area contributed by atoms with E-state index in [0.717, 1.165) is 27.4 Å². The zero-order chi connectivity index (χ0) is 25.7. The minimum atomic E-state index is -1.51. The number of aryl methyl sites for hydroxylation is 3. The van der Waals surface area contributed by atoms with Crippen LogP contribution in [0.25, 0.3) is 5.69 Å². The summed E-state index contributed by atoms with van der Waals surface area (Å²) in [6.07, 6.45) is 0. The maximum Gasteiger partial charge on any atom is 0.325 e. The molecule has 1 fully saturated rings. The number of Topliss-reactive ketones (excluding diaryl/α,β-unsaturated/α-hetero) is 1. The van der Waals surface area contributed by atoms with Crippen molar-refractivity contribution in [1.82, 2.24) is 14.8 Å². The van der Waals surface area contributed by atoms with E-state index < -0.39 is 28.9 Å². The summed E-state index contributed by atoms with van der Waals surface area (Å²) in [5, 5.41) is 13.8. The van der Waals surface area contributed by atoms with Gasteiger partial charge in [-0.05, 0) is 69.5 Å². The van der Waals surface area contributed by atoms with E-state index in [1.54, 1.807) is 6.07 Å². The van der Waals surface area contributed by atoms with E-state index in [1.807, 2.05) is 50.5 Å². The first kappa shape index (κ1) is 23.9. The topological polar surface area (TPSA) is 115 Å². The van der Waals surface area contributed by atoms with Gasteiger partial charge in [-0.2, -0.15) is 0 Å². The Balaban J connectivity index is 1.62. The summed E-state index contributed by atoms with van der Waals surface area (Å²) in [5.41, 5.74) is 3.77. The van der Waals surface area contributed by atoms with E-state index in [2.05, 4.69) is 5.32 Å². The number of non-ortho nitro benzene ring substituents is 1. The third kappa shape index (κ3) is 3.99.